The molecule has 1 rings (SSSR count). The van der Waals surface area contributed by atoms with Crippen molar-refractivity contribution >= 4 is 16.0 Å². The second-order valence-corrected chi connectivity index (χ2v) is 6.94. The molecule has 0 heterocycles. The fourth-order valence-electron chi connectivity index (χ4n) is 1.75. The fourth-order valence-corrected chi connectivity index (χ4v) is 3.45. The van der Waals surface area contributed by atoms with E-state index in [-0.39, 0.29) is 17.7 Å². The van der Waals surface area contributed by atoms with Gasteiger partial charge in [-0.05, 0) is 44.9 Å². The molecule has 0 spiro atoms. The average Bonchev–Trinajstić information content (AvgIpc) is 2.28. The second kappa shape index (κ2) is 5.88. The third-order valence-electron chi connectivity index (χ3n) is 2.81. The maximum Gasteiger partial charge on any atom is 0.303 e. The van der Waals surface area contributed by atoms with Crippen molar-refractivity contribution in [2.24, 2.45) is 0 Å². The Morgan fingerprint density at radius 3 is 2.55 bits per heavy atom. The summed E-state index contributed by atoms with van der Waals surface area (Å²) < 4.78 is 40.1. The van der Waals surface area contributed by atoms with Crippen LogP contribution in [0.15, 0.2) is 23.1 Å². The minimum atomic E-state index is -3.90. The number of carboxylic acid groups (broad SMARTS) is 1. The molecular formula is C13H18FNO4S. The summed E-state index contributed by atoms with van der Waals surface area (Å²) in [6.07, 6.45) is -0.0203. The van der Waals surface area contributed by atoms with Crippen LogP contribution in [0.25, 0.3) is 0 Å². The molecule has 0 fully saturated rings. The molecule has 7 heteroatoms. The van der Waals surface area contributed by atoms with Crippen molar-refractivity contribution in [3.63, 3.8) is 0 Å². The fraction of sp³-hybridized carbons (Fsp3) is 0.462. The van der Waals surface area contributed by atoms with Crippen molar-refractivity contribution in [1.82, 2.24) is 4.72 Å². The van der Waals surface area contributed by atoms with Crippen molar-refractivity contribution in [3.8, 4) is 0 Å². The lowest BCUT2D eigenvalue weighted by atomic mass is 10.0. The Balaban J connectivity index is 3.00. The molecule has 1 aromatic rings. The Bertz CT molecular complexity index is 611. The SMILES string of the molecule is Cc1ccc(F)cc1S(=O)(=O)NC(C)(C)CCC(=O)O. The minimum absolute atomic E-state index is 0.135. The predicted octanol–water partition coefficient (Wildman–Crippen LogP) is 2.06. The molecule has 1 aromatic carbocycles. The molecule has 0 amide bonds. The summed E-state index contributed by atoms with van der Waals surface area (Å²) >= 11 is 0. The van der Waals surface area contributed by atoms with E-state index in [4.69, 9.17) is 5.11 Å². The number of aliphatic carboxylic acids is 1. The first-order valence-corrected chi connectivity index (χ1v) is 7.54. The lowest BCUT2D eigenvalue weighted by Gasteiger charge is -2.25. The summed E-state index contributed by atoms with van der Waals surface area (Å²) in [6, 6.07) is 3.52. The van der Waals surface area contributed by atoms with Crippen molar-refractivity contribution in [3.05, 3.63) is 29.6 Å². The molecule has 0 saturated carbocycles. The number of sulfonamides is 1. The van der Waals surface area contributed by atoms with Crippen molar-refractivity contribution in [1.29, 1.82) is 0 Å². The molecule has 20 heavy (non-hydrogen) atoms. The van der Waals surface area contributed by atoms with Gasteiger partial charge in [0.1, 0.15) is 5.82 Å². The highest BCUT2D eigenvalue weighted by Gasteiger charge is 2.28. The standard InChI is InChI=1S/C13H18FNO4S/c1-9-4-5-10(14)8-11(9)20(18,19)15-13(2,3)7-6-12(16)17/h4-5,8,15H,6-7H2,1-3H3,(H,16,17). The zero-order valence-electron chi connectivity index (χ0n) is 11.6. The van der Waals surface area contributed by atoms with Gasteiger partial charge in [-0.2, -0.15) is 0 Å². The van der Waals surface area contributed by atoms with Gasteiger partial charge in [-0.3, -0.25) is 4.79 Å². The van der Waals surface area contributed by atoms with Crippen LogP contribution in [0.4, 0.5) is 4.39 Å². The van der Waals surface area contributed by atoms with Gasteiger partial charge in [0.25, 0.3) is 0 Å². The maximum absolute atomic E-state index is 13.2. The first-order valence-electron chi connectivity index (χ1n) is 6.05. The van der Waals surface area contributed by atoms with Crippen molar-refractivity contribution < 1.29 is 22.7 Å². The molecule has 0 bridgehead atoms. The van der Waals surface area contributed by atoms with Crippen molar-refractivity contribution in [2.45, 2.75) is 44.0 Å². The molecule has 0 unspecified atom stereocenters. The average molecular weight is 303 g/mol. The van der Waals surface area contributed by atoms with E-state index in [9.17, 15) is 17.6 Å². The topological polar surface area (TPSA) is 83.5 Å². The molecule has 2 N–H and O–H groups in total. The Labute approximate surface area is 117 Å². The monoisotopic (exact) mass is 303 g/mol. The Kier molecular flexibility index (Phi) is 4.88. The third-order valence-corrected chi connectivity index (χ3v) is 4.65. The zero-order chi connectivity index (χ0) is 15.6. The van der Waals surface area contributed by atoms with Crippen LogP contribution in [0.3, 0.4) is 0 Å². The summed E-state index contributed by atoms with van der Waals surface area (Å²) in [5.41, 5.74) is -0.511. The van der Waals surface area contributed by atoms with Crippen LogP contribution in [0.1, 0.15) is 32.3 Å². The number of aryl methyl sites for hydroxylation is 1. The van der Waals surface area contributed by atoms with E-state index in [0.717, 1.165) is 6.07 Å². The molecule has 0 atom stereocenters. The highest BCUT2D eigenvalue weighted by molar-refractivity contribution is 7.89. The third kappa shape index (κ3) is 4.57. The number of hydrogen-bond donors (Lipinski definition) is 2. The van der Waals surface area contributed by atoms with E-state index in [1.54, 1.807) is 20.8 Å². The number of hydrogen-bond acceptors (Lipinski definition) is 3. The van der Waals surface area contributed by atoms with Gasteiger partial charge in [-0.15, -0.1) is 0 Å². The predicted molar refractivity (Wildman–Crippen MR) is 72.4 cm³/mol. The van der Waals surface area contributed by atoms with Gasteiger partial charge in [0.15, 0.2) is 0 Å². The summed E-state index contributed by atoms with van der Waals surface area (Å²) in [7, 11) is -3.90. The highest BCUT2D eigenvalue weighted by atomic mass is 32.2. The lowest BCUT2D eigenvalue weighted by Crippen LogP contribution is -2.43. The normalized spacial score (nSPS) is 12.4. The molecular weight excluding hydrogens is 285 g/mol. The smallest absolute Gasteiger partial charge is 0.303 e. The summed E-state index contributed by atoms with van der Waals surface area (Å²) in [6.45, 7) is 4.74. The Morgan fingerprint density at radius 2 is 2.00 bits per heavy atom. The maximum atomic E-state index is 13.2. The van der Waals surface area contributed by atoms with Crippen molar-refractivity contribution in [2.75, 3.05) is 0 Å². The summed E-state index contributed by atoms with van der Waals surface area (Å²) in [4.78, 5) is 10.4. The largest absolute Gasteiger partial charge is 0.481 e. The van der Waals surface area contributed by atoms with Gasteiger partial charge in [0.05, 0.1) is 4.90 Å². The molecule has 0 saturated heterocycles. The first-order chi connectivity index (χ1) is 9.03. The van der Waals surface area contributed by atoms with E-state index in [2.05, 4.69) is 4.72 Å². The molecule has 0 aliphatic rings. The molecule has 5 nitrogen and oxygen atoms in total. The van der Waals surface area contributed by atoms with Crippen LogP contribution in [0.5, 0.6) is 0 Å². The second-order valence-electron chi connectivity index (χ2n) is 5.29. The van der Waals surface area contributed by atoms with Gasteiger partial charge in [-0.25, -0.2) is 17.5 Å². The molecule has 0 aliphatic carbocycles. The van der Waals surface area contributed by atoms with Gasteiger partial charge < -0.3 is 5.11 Å². The van der Waals surface area contributed by atoms with Gasteiger partial charge in [0, 0.05) is 12.0 Å². The molecule has 0 radical (unpaired) electrons. The lowest BCUT2D eigenvalue weighted by molar-refractivity contribution is -0.137. The van der Waals surface area contributed by atoms with E-state index < -0.39 is 27.3 Å². The van der Waals surface area contributed by atoms with E-state index >= 15 is 0 Å². The molecule has 0 aromatic heterocycles. The van der Waals surface area contributed by atoms with E-state index in [1.165, 1.54) is 12.1 Å². The molecule has 0 aliphatic heterocycles. The first kappa shape index (κ1) is 16.6. The summed E-state index contributed by atoms with van der Waals surface area (Å²) in [5.74, 6) is -1.64. The Hall–Kier alpha value is -1.47. The number of carbonyl (C=O) groups is 1. The minimum Gasteiger partial charge on any atom is -0.481 e. The quantitative estimate of drug-likeness (QED) is 0.842. The van der Waals surface area contributed by atoms with Crippen LogP contribution < -0.4 is 4.72 Å². The number of halogens is 1. The van der Waals surface area contributed by atoms with Gasteiger partial charge in [-0.1, -0.05) is 6.07 Å². The van der Waals surface area contributed by atoms with Crippen LogP contribution in [-0.4, -0.2) is 25.0 Å². The number of carboxylic acids is 1. The number of nitrogens with one attached hydrogen (secondary N) is 1. The summed E-state index contributed by atoms with van der Waals surface area (Å²) in [5, 5.41) is 8.65. The van der Waals surface area contributed by atoms with E-state index in [1.807, 2.05) is 0 Å². The highest BCUT2D eigenvalue weighted by Crippen LogP contribution is 2.20. The molecule has 112 valence electrons. The van der Waals surface area contributed by atoms with E-state index in [0.29, 0.717) is 5.56 Å². The Morgan fingerprint density at radius 1 is 1.40 bits per heavy atom. The van der Waals surface area contributed by atoms with Crippen LogP contribution in [-0.2, 0) is 14.8 Å². The number of benzene rings is 1. The zero-order valence-corrected chi connectivity index (χ0v) is 12.4. The van der Waals surface area contributed by atoms with Crippen LogP contribution in [0, 0.1) is 12.7 Å². The van der Waals surface area contributed by atoms with Crippen LogP contribution >= 0.6 is 0 Å². The van der Waals surface area contributed by atoms with Gasteiger partial charge >= 0.3 is 5.97 Å². The number of rotatable bonds is 6. The van der Waals surface area contributed by atoms with Crippen LogP contribution in [0.2, 0.25) is 0 Å². The van der Waals surface area contributed by atoms with Gasteiger partial charge in [0.2, 0.25) is 10.0 Å².